The SMILES string of the molecule is CCc1ccc(OCC(=O)N(Cc2cccc(OC)c2)[C@H](CC)C(=O)N[C@H](C)CC)cc1. The fraction of sp³-hybridized carbons (Fsp3) is 0.462. The van der Waals surface area contributed by atoms with Crippen LogP contribution >= 0.6 is 0 Å². The Kier molecular flexibility index (Phi) is 10.1. The summed E-state index contributed by atoms with van der Waals surface area (Å²) < 4.78 is 11.1. The van der Waals surface area contributed by atoms with E-state index in [1.807, 2.05) is 69.3 Å². The Hall–Kier alpha value is -3.02. The fourth-order valence-corrected chi connectivity index (χ4v) is 3.38. The number of hydrogen-bond acceptors (Lipinski definition) is 4. The zero-order chi connectivity index (χ0) is 23.5. The maximum atomic E-state index is 13.2. The molecule has 0 spiro atoms. The monoisotopic (exact) mass is 440 g/mol. The molecule has 0 saturated heterocycles. The van der Waals surface area contributed by atoms with Crippen molar-refractivity contribution in [2.24, 2.45) is 0 Å². The number of aryl methyl sites for hydroxylation is 1. The summed E-state index contributed by atoms with van der Waals surface area (Å²) in [4.78, 5) is 27.8. The third-order valence-corrected chi connectivity index (χ3v) is 5.57. The molecule has 32 heavy (non-hydrogen) atoms. The quantitative estimate of drug-likeness (QED) is 0.533. The lowest BCUT2D eigenvalue weighted by atomic mass is 10.1. The van der Waals surface area contributed by atoms with Gasteiger partial charge in [0.2, 0.25) is 5.91 Å². The van der Waals surface area contributed by atoms with E-state index in [0.29, 0.717) is 24.5 Å². The summed E-state index contributed by atoms with van der Waals surface area (Å²) in [6, 6.07) is 14.7. The number of ether oxygens (including phenoxy) is 2. The molecule has 0 aliphatic carbocycles. The molecule has 0 heterocycles. The molecule has 2 atom stereocenters. The summed E-state index contributed by atoms with van der Waals surface area (Å²) in [5.74, 6) is 0.956. The van der Waals surface area contributed by atoms with Gasteiger partial charge in [-0.05, 0) is 61.6 Å². The summed E-state index contributed by atoms with van der Waals surface area (Å²) in [5.41, 5.74) is 2.09. The number of nitrogens with zero attached hydrogens (tertiary/aromatic N) is 1. The normalized spacial score (nSPS) is 12.5. The van der Waals surface area contributed by atoms with Gasteiger partial charge in [-0.3, -0.25) is 9.59 Å². The molecule has 174 valence electrons. The van der Waals surface area contributed by atoms with E-state index in [4.69, 9.17) is 9.47 Å². The summed E-state index contributed by atoms with van der Waals surface area (Å²) in [7, 11) is 1.61. The van der Waals surface area contributed by atoms with Crippen molar-refractivity contribution in [1.29, 1.82) is 0 Å². The molecule has 0 aliphatic rings. The van der Waals surface area contributed by atoms with Gasteiger partial charge in [-0.1, -0.05) is 45.0 Å². The van der Waals surface area contributed by atoms with Crippen LogP contribution in [0.1, 0.15) is 51.7 Å². The third kappa shape index (κ3) is 7.29. The number of rotatable bonds is 12. The van der Waals surface area contributed by atoms with Gasteiger partial charge in [-0.15, -0.1) is 0 Å². The Morgan fingerprint density at radius 3 is 2.28 bits per heavy atom. The first-order valence-corrected chi connectivity index (χ1v) is 11.4. The van der Waals surface area contributed by atoms with Gasteiger partial charge in [0.25, 0.3) is 5.91 Å². The van der Waals surface area contributed by atoms with Crippen LogP contribution in [-0.2, 0) is 22.6 Å². The molecule has 0 saturated carbocycles. The van der Waals surface area contributed by atoms with Crippen LogP contribution in [0.4, 0.5) is 0 Å². The minimum absolute atomic E-state index is 0.0404. The van der Waals surface area contributed by atoms with E-state index in [0.717, 1.165) is 18.4 Å². The summed E-state index contributed by atoms with van der Waals surface area (Å²) in [5, 5.41) is 3.01. The highest BCUT2D eigenvalue weighted by Crippen LogP contribution is 2.18. The molecule has 2 aromatic carbocycles. The van der Waals surface area contributed by atoms with Gasteiger partial charge in [-0.2, -0.15) is 0 Å². The van der Waals surface area contributed by atoms with E-state index in [1.54, 1.807) is 12.0 Å². The van der Waals surface area contributed by atoms with Crippen LogP contribution in [0.25, 0.3) is 0 Å². The summed E-state index contributed by atoms with van der Waals surface area (Å²) in [6.45, 7) is 8.13. The molecule has 0 bridgehead atoms. The Labute approximate surface area is 191 Å². The predicted octanol–water partition coefficient (Wildman–Crippen LogP) is 4.36. The number of amides is 2. The molecule has 0 aliphatic heterocycles. The third-order valence-electron chi connectivity index (χ3n) is 5.57. The van der Waals surface area contributed by atoms with Gasteiger partial charge in [0, 0.05) is 12.6 Å². The van der Waals surface area contributed by atoms with Crippen molar-refractivity contribution in [1.82, 2.24) is 10.2 Å². The van der Waals surface area contributed by atoms with Gasteiger partial charge in [0.05, 0.1) is 7.11 Å². The summed E-state index contributed by atoms with van der Waals surface area (Å²) in [6.07, 6.45) is 2.27. The molecule has 2 aromatic rings. The number of carbonyl (C=O) groups is 2. The first kappa shape index (κ1) is 25.2. The lowest BCUT2D eigenvalue weighted by Crippen LogP contribution is -2.51. The van der Waals surface area contributed by atoms with Gasteiger partial charge in [0.15, 0.2) is 6.61 Å². The van der Waals surface area contributed by atoms with Crippen LogP contribution in [0.5, 0.6) is 11.5 Å². The van der Waals surface area contributed by atoms with Crippen molar-refractivity contribution in [2.75, 3.05) is 13.7 Å². The van der Waals surface area contributed by atoms with Crippen molar-refractivity contribution in [3.05, 3.63) is 59.7 Å². The molecule has 1 N–H and O–H groups in total. The average Bonchev–Trinajstić information content (AvgIpc) is 2.82. The maximum absolute atomic E-state index is 13.2. The van der Waals surface area contributed by atoms with E-state index in [9.17, 15) is 9.59 Å². The molecular formula is C26H36N2O4. The Morgan fingerprint density at radius 2 is 1.69 bits per heavy atom. The van der Waals surface area contributed by atoms with Crippen molar-refractivity contribution in [2.45, 2.75) is 65.6 Å². The second kappa shape index (κ2) is 12.7. The van der Waals surface area contributed by atoms with Crippen LogP contribution in [0.15, 0.2) is 48.5 Å². The van der Waals surface area contributed by atoms with Gasteiger partial charge in [-0.25, -0.2) is 0 Å². The predicted molar refractivity (Wildman–Crippen MR) is 127 cm³/mol. The standard InChI is InChI=1S/C26H36N2O4/c1-6-19(4)27-26(30)24(8-3)28(17-21-10-9-11-23(16-21)31-5)25(29)18-32-22-14-12-20(7-2)13-15-22/h9-16,19,24H,6-8,17-18H2,1-5H3,(H,27,30)/t19-,24-/m1/s1. The van der Waals surface area contributed by atoms with Gasteiger partial charge in [0.1, 0.15) is 17.5 Å². The van der Waals surface area contributed by atoms with Crippen molar-refractivity contribution in [3.8, 4) is 11.5 Å². The molecule has 6 heteroatoms. The Balaban J connectivity index is 2.21. The number of nitrogens with one attached hydrogen (secondary N) is 1. The zero-order valence-electron chi connectivity index (χ0n) is 19.9. The zero-order valence-corrected chi connectivity index (χ0v) is 19.9. The Bertz CT molecular complexity index is 866. The maximum Gasteiger partial charge on any atom is 0.261 e. The Morgan fingerprint density at radius 1 is 0.969 bits per heavy atom. The number of carbonyl (C=O) groups excluding carboxylic acids is 2. The second-order valence-corrected chi connectivity index (χ2v) is 7.90. The van der Waals surface area contributed by atoms with Crippen LogP contribution in [0.2, 0.25) is 0 Å². The second-order valence-electron chi connectivity index (χ2n) is 7.90. The fourth-order valence-electron chi connectivity index (χ4n) is 3.38. The van der Waals surface area contributed by atoms with Crippen LogP contribution in [-0.4, -0.2) is 42.5 Å². The molecule has 2 rings (SSSR count). The van der Waals surface area contributed by atoms with Crippen LogP contribution < -0.4 is 14.8 Å². The minimum atomic E-state index is -0.589. The number of hydrogen-bond donors (Lipinski definition) is 1. The highest BCUT2D eigenvalue weighted by atomic mass is 16.5. The van der Waals surface area contributed by atoms with Crippen molar-refractivity contribution < 1.29 is 19.1 Å². The molecule has 0 radical (unpaired) electrons. The van der Waals surface area contributed by atoms with E-state index >= 15 is 0 Å². The van der Waals surface area contributed by atoms with Crippen molar-refractivity contribution in [3.63, 3.8) is 0 Å². The minimum Gasteiger partial charge on any atom is -0.497 e. The van der Waals surface area contributed by atoms with E-state index in [2.05, 4.69) is 12.2 Å². The molecule has 0 aromatic heterocycles. The van der Waals surface area contributed by atoms with Crippen molar-refractivity contribution >= 4 is 11.8 Å². The van der Waals surface area contributed by atoms with E-state index in [-0.39, 0.29) is 24.5 Å². The highest BCUT2D eigenvalue weighted by Gasteiger charge is 2.29. The van der Waals surface area contributed by atoms with E-state index < -0.39 is 6.04 Å². The first-order chi connectivity index (χ1) is 15.4. The van der Waals surface area contributed by atoms with Gasteiger partial charge >= 0.3 is 0 Å². The molecular weight excluding hydrogens is 404 g/mol. The molecule has 2 amide bonds. The lowest BCUT2D eigenvalue weighted by molar-refractivity contribution is -0.143. The van der Waals surface area contributed by atoms with Gasteiger partial charge < -0.3 is 19.7 Å². The smallest absolute Gasteiger partial charge is 0.261 e. The lowest BCUT2D eigenvalue weighted by Gasteiger charge is -2.31. The van der Waals surface area contributed by atoms with E-state index in [1.165, 1.54) is 5.56 Å². The summed E-state index contributed by atoms with van der Waals surface area (Å²) >= 11 is 0. The highest BCUT2D eigenvalue weighted by molar-refractivity contribution is 5.88. The number of benzene rings is 2. The largest absolute Gasteiger partial charge is 0.497 e. The van der Waals surface area contributed by atoms with Crippen LogP contribution in [0.3, 0.4) is 0 Å². The molecule has 6 nitrogen and oxygen atoms in total. The molecule has 0 fully saturated rings. The number of methoxy groups -OCH3 is 1. The van der Waals surface area contributed by atoms with Crippen LogP contribution in [0, 0.1) is 0 Å². The topological polar surface area (TPSA) is 67.9 Å². The molecule has 0 unspecified atom stereocenters. The average molecular weight is 441 g/mol. The first-order valence-electron chi connectivity index (χ1n) is 11.4.